The molecular formula is C29H33F3N6O2. The summed E-state index contributed by atoms with van der Waals surface area (Å²) in [5, 5.41) is 15.6. The Morgan fingerprint density at radius 2 is 1.75 bits per heavy atom. The Labute approximate surface area is 231 Å². The van der Waals surface area contributed by atoms with Crippen molar-refractivity contribution < 1.29 is 22.8 Å². The van der Waals surface area contributed by atoms with Gasteiger partial charge < -0.3 is 4.90 Å². The Hall–Kier alpha value is -4.02. The molecule has 1 saturated carbocycles. The van der Waals surface area contributed by atoms with Crippen LogP contribution in [0.2, 0.25) is 0 Å². The van der Waals surface area contributed by atoms with Crippen LogP contribution in [0.25, 0.3) is 6.08 Å². The van der Waals surface area contributed by atoms with Gasteiger partial charge in [0.15, 0.2) is 0 Å². The number of carbonyl (C=O) groups is 2. The Morgan fingerprint density at radius 3 is 2.35 bits per heavy atom. The summed E-state index contributed by atoms with van der Waals surface area (Å²) in [5.41, 5.74) is 0.942. The Morgan fingerprint density at radius 1 is 1.05 bits per heavy atom. The number of amides is 2. The fourth-order valence-corrected chi connectivity index (χ4v) is 5.07. The number of alkyl halides is 3. The number of nitrogens with one attached hydrogen (secondary N) is 2. The summed E-state index contributed by atoms with van der Waals surface area (Å²) in [5.74, 6) is -0.0522. The van der Waals surface area contributed by atoms with Gasteiger partial charge in [0.25, 0.3) is 11.9 Å². The molecule has 4 rings (SSSR count). The zero-order valence-corrected chi connectivity index (χ0v) is 22.7. The minimum atomic E-state index is -4.46. The standard InChI is InChI=1S/C29H33F3N6O2/c1-28(2,3)22-12-14-24(15-13-22)38(25(39)16-9-19-5-4-6-23(17-19)29(30,31)32)18-20-7-10-21(11-8-20)26(40)33-27-34-36-37-35-27/h4-11,16-17,22,24H,12-15,18H2,1-3H3,(H2,33,34,35,36,37,40). The van der Waals surface area contributed by atoms with Gasteiger partial charge in [-0.15, -0.1) is 5.10 Å². The second kappa shape index (κ2) is 12.0. The maximum Gasteiger partial charge on any atom is 0.416 e. The Balaban J connectivity index is 1.51. The lowest BCUT2D eigenvalue weighted by atomic mass is 9.71. The highest BCUT2D eigenvalue weighted by molar-refractivity contribution is 6.03. The van der Waals surface area contributed by atoms with Crippen LogP contribution in [0.15, 0.2) is 54.6 Å². The molecule has 1 aromatic heterocycles. The molecule has 0 unspecified atom stereocenters. The molecule has 8 nitrogen and oxygen atoms in total. The quantitative estimate of drug-likeness (QED) is 0.343. The molecule has 11 heteroatoms. The van der Waals surface area contributed by atoms with Gasteiger partial charge >= 0.3 is 6.18 Å². The van der Waals surface area contributed by atoms with Crippen LogP contribution < -0.4 is 5.32 Å². The second-order valence-corrected chi connectivity index (χ2v) is 11.2. The summed E-state index contributed by atoms with van der Waals surface area (Å²) < 4.78 is 39.4. The van der Waals surface area contributed by atoms with Crippen molar-refractivity contribution in [2.75, 3.05) is 5.32 Å². The molecule has 1 fully saturated rings. The number of benzene rings is 2. The highest BCUT2D eigenvalue weighted by Crippen LogP contribution is 2.39. The average Bonchev–Trinajstić information content (AvgIpc) is 3.43. The summed E-state index contributed by atoms with van der Waals surface area (Å²) in [7, 11) is 0. The molecule has 1 aliphatic rings. The van der Waals surface area contributed by atoms with Crippen molar-refractivity contribution in [3.8, 4) is 0 Å². The van der Waals surface area contributed by atoms with Gasteiger partial charge in [0.05, 0.1) is 5.56 Å². The lowest BCUT2D eigenvalue weighted by Crippen LogP contribution is -2.42. The van der Waals surface area contributed by atoms with Crippen LogP contribution >= 0.6 is 0 Å². The zero-order valence-electron chi connectivity index (χ0n) is 22.7. The van der Waals surface area contributed by atoms with E-state index in [0.717, 1.165) is 43.4 Å². The molecule has 0 atom stereocenters. The first-order valence-electron chi connectivity index (χ1n) is 13.2. The van der Waals surface area contributed by atoms with Gasteiger partial charge in [-0.2, -0.15) is 18.4 Å². The predicted molar refractivity (Wildman–Crippen MR) is 145 cm³/mol. The molecule has 2 amide bonds. The molecule has 2 aromatic carbocycles. The van der Waals surface area contributed by atoms with Crippen molar-refractivity contribution in [2.45, 2.75) is 65.2 Å². The molecule has 0 spiro atoms. The van der Waals surface area contributed by atoms with Crippen LogP contribution in [0.1, 0.15) is 73.5 Å². The zero-order chi connectivity index (χ0) is 28.9. The van der Waals surface area contributed by atoms with Crippen molar-refractivity contribution >= 4 is 23.8 Å². The number of aromatic nitrogens is 4. The van der Waals surface area contributed by atoms with Crippen molar-refractivity contribution in [2.24, 2.45) is 11.3 Å². The van der Waals surface area contributed by atoms with E-state index >= 15 is 0 Å². The normalized spacial score (nSPS) is 18.1. The number of aromatic amines is 1. The van der Waals surface area contributed by atoms with Gasteiger partial charge in [-0.1, -0.05) is 50.1 Å². The Bertz CT molecular complexity index is 1320. The lowest BCUT2D eigenvalue weighted by Gasteiger charge is -2.41. The van der Waals surface area contributed by atoms with Gasteiger partial charge in [0.2, 0.25) is 5.91 Å². The van der Waals surface area contributed by atoms with Gasteiger partial charge in [0.1, 0.15) is 0 Å². The first kappa shape index (κ1) is 29.0. The van der Waals surface area contributed by atoms with E-state index in [2.05, 4.69) is 46.7 Å². The van der Waals surface area contributed by atoms with E-state index in [9.17, 15) is 22.8 Å². The van der Waals surface area contributed by atoms with Crippen LogP contribution in [0.5, 0.6) is 0 Å². The molecule has 2 N–H and O–H groups in total. The molecule has 0 radical (unpaired) electrons. The van der Waals surface area contributed by atoms with Gasteiger partial charge in [-0.25, -0.2) is 0 Å². The molecule has 1 aliphatic carbocycles. The molecule has 3 aromatic rings. The van der Waals surface area contributed by atoms with E-state index in [1.165, 1.54) is 24.3 Å². The van der Waals surface area contributed by atoms with E-state index in [0.29, 0.717) is 23.6 Å². The summed E-state index contributed by atoms with van der Waals surface area (Å²) in [6.45, 7) is 7.00. The number of hydrogen-bond donors (Lipinski definition) is 2. The van der Waals surface area contributed by atoms with Crippen LogP contribution in [0.3, 0.4) is 0 Å². The monoisotopic (exact) mass is 554 g/mol. The summed E-state index contributed by atoms with van der Waals surface area (Å²) in [6, 6.07) is 11.8. The number of H-pyrrole nitrogens is 1. The van der Waals surface area contributed by atoms with Crippen LogP contribution in [-0.2, 0) is 17.5 Å². The highest BCUT2D eigenvalue weighted by atomic mass is 19.4. The fraction of sp³-hybridized carbons (Fsp3) is 0.414. The van der Waals surface area contributed by atoms with Crippen molar-refractivity contribution in [3.05, 3.63) is 76.9 Å². The average molecular weight is 555 g/mol. The third-order valence-electron chi connectivity index (χ3n) is 7.42. The molecule has 0 bridgehead atoms. The summed E-state index contributed by atoms with van der Waals surface area (Å²) in [6.07, 6.45) is 1.98. The third-order valence-corrected chi connectivity index (χ3v) is 7.42. The van der Waals surface area contributed by atoms with E-state index in [1.807, 2.05) is 0 Å². The highest BCUT2D eigenvalue weighted by Gasteiger charge is 2.33. The van der Waals surface area contributed by atoms with E-state index < -0.39 is 17.6 Å². The molecule has 1 heterocycles. The summed E-state index contributed by atoms with van der Waals surface area (Å²) >= 11 is 0. The van der Waals surface area contributed by atoms with Crippen molar-refractivity contribution in [3.63, 3.8) is 0 Å². The molecule has 212 valence electrons. The smallest absolute Gasteiger partial charge is 0.332 e. The van der Waals surface area contributed by atoms with E-state index in [1.54, 1.807) is 29.2 Å². The number of carbonyl (C=O) groups excluding carboxylic acids is 2. The topological polar surface area (TPSA) is 104 Å². The minimum absolute atomic E-state index is 0.00141. The van der Waals surface area contributed by atoms with Crippen molar-refractivity contribution in [1.29, 1.82) is 0 Å². The van der Waals surface area contributed by atoms with Crippen molar-refractivity contribution in [1.82, 2.24) is 25.5 Å². The maximum atomic E-state index is 13.5. The first-order chi connectivity index (χ1) is 18.9. The number of nitrogens with zero attached hydrogens (tertiary/aromatic N) is 4. The van der Waals surface area contributed by atoms with E-state index in [-0.39, 0.29) is 23.3 Å². The van der Waals surface area contributed by atoms with Crippen LogP contribution in [0, 0.1) is 11.3 Å². The number of anilines is 1. The summed E-state index contributed by atoms with van der Waals surface area (Å²) in [4.78, 5) is 27.7. The number of tetrazole rings is 1. The SMILES string of the molecule is CC(C)(C)C1CCC(N(Cc2ccc(C(=O)Nc3nn[nH]n3)cc2)C(=O)C=Cc2cccc(C(F)(F)F)c2)CC1. The molecular weight excluding hydrogens is 521 g/mol. The predicted octanol–water partition coefficient (Wildman–Crippen LogP) is 6.12. The maximum absolute atomic E-state index is 13.5. The molecule has 40 heavy (non-hydrogen) atoms. The van der Waals surface area contributed by atoms with Gasteiger partial charge in [-0.05, 0) is 83.7 Å². The first-order valence-corrected chi connectivity index (χ1v) is 13.2. The minimum Gasteiger partial charge on any atom is -0.332 e. The fourth-order valence-electron chi connectivity index (χ4n) is 5.07. The Kier molecular flexibility index (Phi) is 8.70. The van der Waals surface area contributed by atoms with Gasteiger partial charge in [0, 0.05) is 24.2 Å². The lowest BCUT2D eigenvalue weighted by molar-refractivity contribution is -0.137. The molecule has 0 saturated heterocycles. The van der Waals surface area contributed by atoms with Gasteiger partial charge in [-0.3, -0.25) is 14.9 Å². The largest absolute Gasteiger partial charge is 0.416 e. The molecule has 0 aliphatic heterocycles. The van der Waals surface area contributed by atoms with E-state index in [4.69, 9.17) is 0 Å². The number of rotatable bonds is 7. The third kappa shape index (κ3) is 7.55. The second-order valence-electron chi connectivity index (χ2n) is 11.2. The number of hydrogen-bond acceptors (Lipinski definition) is 5. The van der Waals surface area contributed by atoms with Crippen LogP contribution in [-0.4, -0.2) is 43.4 Å². The van der Waals surface area contributed by atoms with Crippen LogP contribution in [0.4, 0.5) is 19.1 Å². The number of halogens is 3.